The SMILES string of the molecule is CCOC(=O)c1c(NC(=O)[C@H](C)Cl)c(-c2ccc(OC)c(OC)c2)cn1Cc1ccccc1. The average molecular weight is 471 g/mol. The highest BCUT2D eigenvalue weighted by molar-refractivity contribution is 6.32. The second-order valence-electron chi connectivity index (χ2n) is 7.28. The highest BCUT2D eigenvalue weighted by atomic mass is 35.5. The van der Waals surface area contributed by atoms with E-state index < -0.39 is 17.3 Å². The third-order valence-electron chi connectivity index (χ3n) is 5.05. The number of carbonyl (C=O) groups excluding carboxylic acids is 2. The van der Waals surface area contributed by atoms with Gasteiger partial charge in [-0.3, -0.25) is 4.79 Å². The quantitative estimate of drug-likeness (QED) is 0.353. The molecule has 0 aliphatic heterocycles. The number of rotatable bonds is 9. The van der Waals surface area contributed by atoms with Crippen LogP contribution in [0, 0.1) is 0 Å². The van der Waals surface area contributed by atoms with Gasteiger partial charge in [0.2, 0.25) is 5.91 Å². The maximum atomic E-state index is 13.0. The molecular weight excluding hydrogens is 444 g/mol. The van der Waals surface area contributed by atoms with Gasteiger partial charge in [0.1, 0.15) is 5.38 Å². The van der Waals surface area contributed by atoms with E-state index in [1.807, 2.05) is 42.6 Å². The first kappa shape index (κ1) is 24.2. The molecule has 7 nitrogen and oxygen atoms in total. The number of amides is 1. The topological polar surface area (TPSA) is 78.8 Å². The zero-order chi connectivity index (χ0) is 24.0. The Morgan fingerprint density at radius 3 is 2.36 bits per heavy atom. The molecule has 0 unspecified atom stereocenters. The van der Waals surface area contributed by atoms with E-state index in [-0.39, 0.29) is 12.3 Å². The molecule has 1 N–H and O–H groups in total. The fourth-order valence-corrected chi connectivity index (χ4v) is 3.51. The summed E-state index contributed by atoms with van der Waals surface area (Å²) in [4.78, 5) is 25.6. The Labute approximate surface area is 198 Å². The van der Waals surface area contributed by atoms with Crippen LogP contribution in [0.1, 0.15) is 29.9 Å². The molecule has 1 amide bonds. The van der Waals surface area contributed by atoms with Gasteiger partial charge in [-0.25, -0.2) is 4.79 Å². The average Bonchev–Trinajstić information content (AvgIpc) is 3.16. The van der Waals surface area contributed by atoms with Crippen LogP contribution in [0.25, 0.3) is 11.1 Å². The van der Waals surface area contributed by atoms with Crippen LogP contribution in [0.15, 0.2) is 54.7 Å². The van der Waals surface area contributed by atoms with Gasteiger partial charge in [0.25, 0.3) is 0 Å². The minimum absolute atomic E-state index is 0.195. The van der Waals surface area contributed by atoms with Crippen molar-refractivity contribution < 1.29 is 23.8 Å². The molecular formula is C25H27ClN2O5. The number of hydrogen-bond donors (Lipinski definition) is 1. The van der Waals surface area contributed by atoms with E-state index in [2.05, 4.69) is 5.32 Å². The van der Waals surface area contributed by atoms with Crippen LogP contribution in [-0.4, -0.2) is 42.6 Å². The Morgan fingerprint density at radius 2 is 1.76 bits per heavy atom. The first-order valence-corrected chi connectivity index (χ1v) is 10.9. The molecule has 2 aromatic carbocycles. The molecule has 8 heteroatoms. The summed E-state index contributed by atoms with van der Waals surface area (Å²) in [6.45, 7) is 3.90. The first-order valence-electron chi connectivity index (χ1n) is 10.5. The van der Waals surface area contributed by atoms with Gasteiger partial charge in [0.15, 0.2) is 17.2 Å². The Morgan fingerprint density at radius 1 is 1.06 bits per heavy atom. The van der Waals surface area contributed by atoms with Crippen molar-refractivity contribution in [3.8, 4) is 22.6 Å². The molecule has 1 aromatic heterocycles. The number of alkyl halides is 1. The zero-order valence-electron chi connectivity index (χ0n) is 19.1. The van der Waals surface area contributed by atoms with Gasteiger partial charge < -0.3 is 24.1 Å². The van der Waals surface area contributed by atoms with E-state index in [0.29, 0.717) is 29.3 Å². The van der Waals surface area contributed by atoms with Crippen LogP contribution in [0.4, 0.5) is 5.69 Å². The van der Waals surface area contributed by atoms with Gasteiger partial charge in [0, 0.05) is 18.3 Å². The van der Waals surface area contributed by atoms with Gasteiger partial charge in [-0.1, -0.05) is 36.4 Å². The molecule has 3 aromatic rings. The van der Waals surface area contributed by atoms with Gasteiger partial charge in [-0.15, -0.1) is 11.6 Å². The van der Waals surface area contributed by atoms with Crippen LogP contribution < -0.4 is 14.8 Å². The maximum Gasteiger partial charge on any atom is 0.357 e. The number of esters is 1. The number of methoxy groups -OCH3 is 2. The number of carbonyl (C=O) groups is 2. The smallest absolute Gasteiger partial charge is 0.357 e. The fourth-order valence-electron chi connectivity index (χ4n) is 3.45. The van der Waals surface area contributed by atoms with E-state index in [1.165, 1.54) is 0 Å². The summed E-state index contributed by atoms with van der Waals surface area (Å²) >= 11 is 6.02. The number of ether oxygens (including phenoxy) is 3. The Kier molecular flexibility index (Phi) is 8.01. The van der Waals surface area contributed by atoms with Crippen LogP contribution >= 0.6 is 11.6 Å². The molecule has 0 saturated heterocycles. The molecule has 0 aliphatic rings. The summed E-state index contributed by atoms with van der Waals surface area (Å²) in [5.41, 5.74) is 2.90. The molecule has 0 aliphatic carbocycles. The fraction of sp³-hybridized carbons (Fsp3) is 0.280. The molecule has 0 bridgehead atoms. The summed E-state index contributed by atoms with van der Waals surface area (Å²) in [5.74, 6) is 0.112. The Balaban J connectivity index is 2.22. The largest absolute Gasteiger partial charge is 0.493 e. The van der Waals surface area contributed by atoms with E-state index in [9.17, 15) is 9.59 Å². The predicted molar refractivity (Wildman–Crippen MR) is 128 cm³/mol. The lowest BCUT2D eigenvalue weighted by Gasteiger charge is -2.13. The molecule has 33 heavy (non-hydrogen) atoms. The number of benzene rings is 2. The molecule has 1 atom stereocenters. The monoisotopic (exact) mass is 470 g/mol. The Bertz CT molecular complexity index is 1130. The lowest BCUT2D eigenvalue weighted by molar-refractivity contribution is -0.115. The molecule has 0 fully saturated rings. The Hall–Kier alpha value is -3.45. The van der Waals surface area contributed by atoms with Crippen LogP contribution in [-0.2, 0) is 16.1 Å². The van der Waals surface area contributed by atoms with Crippen LogP contribution in [0.5, 0.6) is 11.5 Å². The predicted octanol–water partition coefficient (Wildman–Crippen LogP) is 4.96. The molecule has 174 valence electrons. The number of anilines is 1. The van der Waals surface area contributed by atoms with Crippen molar-refractivity contribution in [1.29, 1.82) is 0 Å². The van der Waals surface area contributed by atoms with Gasteiger partial charge >= 0.3 is 5.97 Å². The van der Waals surface area contributed by atoms with Crippen molar-refractivity contribution in [2.75, 3.05) is 26.1 Å². The second kappa shape index (κ2) is 10.9. The minimum Gasteiger partial charge on any atom is -0.493 e. The third-order valence-corrected chi connectivity index (χ3v) is 5.25. The zero-order valence-corrected chi connectivity index (χ0v) is 19.8. The van der Waals surface area contributed by atoms with Crippen LogP contribution in [0.2, 0.25) is 0 Å². The van der Waals surface area contributed by atoms with E-state index >= 15 is 0 Å². The molecule has 1 heterocycles. The van der Waals surface area contributed by atoms with Gasteiger partial charge in [-0.2, -0.15) is 0 Å². The number of halogens is 1. The van der Waals surface area contributed by atoms with E-state index in [4.69, 9.17) is 25.8 Å². The number of nitrogens with zero attached hydrogens (tertiary/aromatic N) is 1. The van der Waals surface area contributed by atoms with Crippen molar-refractivity contribution in [1.82, 2.24) is 4.57 Å². The minimum atomic E-state index is -0.796. The normalized spacial score (nSPS) is 11.5. The van der Waals surface area contributed by atoms with Gasteiger partial charge in [-0.05, 0) is 37.1 Å². The maximum absolute atomic E-state index is 13.0. The second-order valence-corrected chi connectivity index (χ2v) is 7.93. The number of aromatic nitrogens is 1. The van der Waals surface area contributed by atoms with Gasteiger partial charge in [0.05, 0.1) is 26.5 Å². The standard InChI is InChI=1S/C25H27ClN2O5/c1-5-33-25(30)23-22(27-24(29)16(2)26)19(15-28(23)14-17-9-7-6-8-10-17)18-11-12-20(31-3)21(13-18)32-4/h6-13,15-16H,5,14H2,1-4H3,(H,27,29)/t16-/m0/s1. The molecule has 0 radical (unpaired) electrons. The van der Waals surface area contributed by atoms with E-state index in [0.717, 1.165) is 11.1 Å². The van der Waals surface area contributed by atoms with E-state index in [1.54, 1.807) is 44.8 Å². The first-order chi connectivity index (χ1) is 15.9. The number of hydrogen-bond acceptors (Lipinski definition) is 5. The highest BCUT2D eigenvalue weighted by Crippen LogP contribution is 2.38. The molecule has 0 spiro atoms. The summed E-state index contributed by atoms with van der Waals surface area (Å²) in [5, 5.41) is 2.03. The van der Waals surface area contributed by atoms with Crippen molar-refractivity contribution in [3.63, 3.8) is 0 Å². The van der Waals surface area contributed by atoms with Crippen molar-refractivity contribution in [2.45, 2.75) is 25.8 Å². The third kappa shape index (κ3) is 5.49. The number of nitrogens with one attached hydrogen (secondary N) is 1. The van der Waals surface area contributed by atoms with Crippen LogP contribution in [0.3, 0.4) is 0 Å². The van der Waals surface area contributed by atoms with Crippen molar-refractivity contribution in [3.05, 3.63) is 66.0 Å². The summed E-state index contributed by atoms with van der Waals surface area (Å²) in [7, 11) is 3.10. The molecule has 0 saturated carbocycles. The van der Waals surface area contributed by atoms with Crippen molar-refractivity contribution >= 4 is 29.2 Å². The lowest BCUT2D eigenvalue weighted by Crippen LogP contribution is -2.23. The molecule has 3 rings (SSSR count). The highest BCUT2D eigenvalue weighted by Gasteiger charge is 2.27. The summed E-state index contributed by atoms with van der Waals surface area (Å²) < 4.78 is 17.9. The lowest BCUT2D eigenvalue weighted by atomic mass is 10.1. The summed E-state index contributed by atoms with van der Waals surface area (Å²) in [6.07, 6.45) is 1.81. The summed E-state index contributed by atoms with van der Waals surface area (Å²) in [6, 6.07) is 15.1. The van der Waals surface area contributed by atoms with Crippen molar-refractivity contribution in [2.24, 2.45) is 0 Å².